The molecule has 5 nitrogen and oxygen atoms in total. The van der Waals surface area contributed by atoms with Crippen molar-refractivity contribution in [2.24, 2.45) is 5.73 Å². The SMILES string of the molecule is C[C@H](CC(=O)N1CCN(C(=O)CC2(N)CCC2)CC1)c1ccccc1. The fraction of sp³-hybridized carbons (Fsp3) is 0.600. The Morgan fingerprint density at radius 1 is 1.04 bits per heavy atom. The largest absolute Gasteiger partial charge is 0.339 e. The summed E-state index contributed by atoms with van der Waals surface area (Å²) in [6.07, 6.45) is 4.00. The van der Waals surface area contributed by atoms with Gasteiger partial charge in [0.05, 0.1) is 0 Å². The lowest BCUT2D eigenvalue weighted by Crippen LogP contribution is -2.55. The van der Waals surface area contributed by atoms with E-state index in [1.165, 1.54) is 5.56 Å². The van der Waals surface area contributed by atoms with Gasteiger partial charge in [-0.05, 0) is 30.7 Å². The molecule has 1 atom stereocenters. The van der Waals surface area contributed by atoms with Gasteiger partial charge >= 0.3 is 0 Å². The molecular formula is C20H29N3O2. The van der Waals surface area contributed by atoms with Gasteiger partial charge in [0.25, 0.3) is 0 Å². The van der Waals surface area contributed by atoms with E-state index in [9.17, 15) is 9.59 Å². The summed E-state index contributed by atoms with van der Waals surface area (Å²) in [5.41, 5.74) is 7.11. The third-order valence-corrected chi connectivity index (χ3v) is 5.69. The number of nitrogens with zero attached hydrogens (tertiary/aromatic N) is 2. The van der Waals surface area contributed by atoms with E-state index in [-0.39, 0.29) is 23.3 Å². The average Bonchev–Trinajstić information content (AvgIpc) is 2.61. The highest BCUT2D eigenvalue weighted by Gasteiger charge is 2.36. The van der Waals surface area contributed by atoms with E-state index in [0.717, 1.165) is 19.3 Å². The minimum absolute atomic E-state index is 0.145. The molecule has 136 valence electrons. The number of amides is 2. The summed E-state index contributed by atoms with van der Waals surface area (Å²) in [6.45, 7) is 4.60. The maximum absolute atomic E-state index is 12.5. The van der Waals surface area contributed by atoms with Crippen LogP contribution in [0.5, 0.6) is 0 Å². The first kappa shape index (κ1) is 17.9. The molecule has 1 saturated heterocycles. The highest BCUT2D eigenvalue weighted by Crippen LogP contribution is 2.32. The Morgan fingerprint density at radius 3 is 2.12 bits per heavy atom. The monoisotopic (exact) mass is 343 g/mol. The van der Waals surface area contributed by atoms with Crippen molar-refractivity contribution in [3.8, 4) is 0 Å². The highest BCUT2D eigenvalue weighted by molar-refractivity contribution is 5.79. The standard InChI is InChI=1S/C20H29N3O2/c1-16(17-6-3-2-4-7-17)14-18(24)22-10-12-23(13-11-22)19(25)15-20(21)8-5-9-20/h2-4,6-7,16H,5,8-15,21H2,1H3/t16-/m1/s1. The van der Waals surface area contributed by atoms with Crippen LogP contribution in [0.25, 0.3) is 0 Å². The molecule has 0 bridgehead atoms. The lowest BCUT2D eigenvalue weighted by atomic mass is 9.75. The van der Waals surface area contributed by atoms with Gasteiger partial charge in [0, 0.05) is 44.6 Å². The van der Waals surface area contributed by atoms with Gasteiger partial charge in [0.1, 0.15) is 0 Å². The van der Waals surface area contributed by atoms with Gasteiger partial charge in [-0.3, -0.25) is 9.59 Å². The van der Waals surface area contributed by atoms with E-state index in [1.807, 2.05) is 28.0 Å². The zero-order chi connectivity index (χ0) is 17.9. The lowest BCUT2D eigenvalue weighted by molar-refractivity contribution is -0.140. The summed E-state index contributed by atoms with van der Waals surface area (Å²) in [5.74, 6) is 0.536. The molecule has 2 amide bonds. The highest BCUT2D eigenvalue weighted by atomic mass is 16.2. The van der Waals surface area contributed by atoms with Gasteiger partial charge in [0.2, 0.25) is 11.8 Å². The Balaban J connectivity index is 1.45. The fourth-order valence-corrected chi connectivity index (χ4v) is 3.72. The Hall–Kier alpha value is -1.88. The molecule has 1 heterocycles. The van der Waals surface area contributed by atoms with E-state index in [4.69, 9.17) is 5.73 Å². The summed E-state index contributed by atoms with van der Waals surface area (Å²) in [7, 11) is 0. The van der Waals surface area contributed by atoms with Gasteiger partial charge in [0.15, 0.2) is 0 Å². The van der Waals surface area contributed by atoms with Crippen LogP contribution >= 0.6 is 0 Å². The van der Waals surface area contributed by atoms with Crippen molar-refractivity contribution in [3.05, 3.63) is 35.9 Å². The van der Waals surface area contributed by atoms with Crippen molar-refractivity contribution in [2.75, 3.05) is 26.2 Å². The molecule has 3 rings (SSSR count). The van der Waals surface area contributed by atoms with E-state index in [0.29, 0.717) is 39.0 Å². The molecule has 2 N–H and O–H groups in total. The minimum Gasteiger partial charge on any atom is -0.339 e. The second kappa shape index (κ2) is 7.56. The summed E-state index contributed by atoms with van der Waals surface area (Å²) < 4.78 is 0. The Bertz CT molecular complexity index is 605. The Morgan fingerprint density at radius 2 is 1.60 bits per heavy atom. The maximum atomic E-state index is 12.5. The van der Waals surface area contributed by atoms with Gasteiger partial charge in [-0.2, -0.15) is 0 Å². The predicted octanol–water partition coefficient (Wildman–Crippen LogP) is 2.12. The van der Waals surface area contributed by atoms with E-state index >= 15 is 0 Å². The van der Waals surface area contributed by atoms with Crippen LogP contribution in [0, 0.1) is 0 Å². The fourth-order valence-electron chi connectivity index (χ4n) is 3.72. The van der Waals surface area contributed by atoms with Crippen LogP contribution in [0.3, 0.4) is 0 Å². The van der Waals surface area contributed by atoms with Gasteiger partial charge in [-0.15, -0.1) is 0 Å². The van der Waals surface area contributed by atoms with Gasteiger partial charge in [-0.25, -0.2) is 0 Å². The number of piperazine rings is 1. The van der Waals surface area contributed by atoms with Crippen molar-refractivity contribution >= 4 is 11.8 Å². The number of carbonyl (C=O) groups is 2. The zero-order valence-electron chi connectivity index (χ0n) is 15.1. The molecule has 1 aliphatic carbocycles. The van der Waals surface area contributed by atoms with Crippen LogP contribution in [-0.4, -0.2) is 53.3 Å². The van der Waals surface area contributed by atoms with Crippen LogP contribution in [0.2, 0.25) is 0 Å². The van der Waals surface area contributed by atoms with Crippen LogP contribution in [0.1, 0.15) is 50.5 Å². The molecule has 1 saturated carbocycles. The maximum Gasteiger partial charge on any atom is 0.224 e. The smallest absolute Gasteiger partial charge is 0.224 e. The van der Waals surface area contributed by atoms with E-state index < -0.39 is 0 Å². The van der Waals surface area contributed by atoms with Crippen molar-refractivity contribution in [1.29, 1.82) is 0 Å². The normalized spacial score (nSPS) is 20.7. The van der Waals surface area contributed by atoms with E-state index in [2.05, 4.69) is 19.1 Å². The summed E-state index contributed by atoms with van der Waals surface area (Å²) >= 11 is 0. The second-order valence-electron chi connectivity index (χ2n) is 7.67. The van der Waals surface area contributed by atoms with Crippen molar-refractivity contribution in [3.63, 3.8) is 0 Å². The van der Waals surface area contributed by atoms with Crippen LogP contribution in [-0.2, 0) is 9.59 Å². The molecular weight excluding hydrogens is 314 g/mol. The molecule has 1 aromatic rings. The van der Waals surface area contributed by atoms with E-state index in [1.54, 1.807) is 0 Å². The number of rotatable bonds is 5. The second-order valence-corrected chi connectivity index (χ2v) is 7.67. The van der Waals surface area contributed by atoms with Crippen molar-refractivity contribution in [1.82, 2.24) is 9.80 Å². The average molecular weight is 343 g/mol. The number of nitrogens with two attached hydrogens (primary N) is 1. The van der Waals surface area contributed by atoms with Crippen LogP contribution < -0.4 is 5.73 Å². The van der Waals surface area contributed by atoms with Crippen LogP contribution in [0.4, 0.5) is 0 Å². The molecule has 0 spiro atoms. The third kappa shape index (κ3) is 4.40. The molecule has 0 unspecified atom stereocenters. The molecule has 0 radical (unpaired) electrons. The first-order valence-electron chi connectivity index (χ1n) is 9.36. The molecule has 2 aliphatic rings. The molecule has 5 heteroatoms. The quantitative estimate of drug-likeness (QED) is 0.890. The first-order valence-corrected chi connectivity index (χ1v) is 9.36. The summed E-state index contributed by atoms with van der Waals surface area (Å²) in [4.78, 5) is 28.7. The van der Waals surface area contributed by atoms with Crippen molar-refractivity contribution in [2.45, 2.75) is 50.5 Å². The van der Waals surface area contributed by atoms with Crippen molar-refractivity contribution < 1.29 is 9.59 Å². The first-order chi connectivity index (χ1) is 12.0. The topological polar surface area (TPSA) is 66.6 Å². The Labute approximate surface area is 150 Å². The molecule has 0 aromatic heterocycles. The minimum atomic E-state index is -0.269. The molecule has 1 aliphatic heterocycles. The molecule has 2 fully saturated rings. The van der Waals surface area contributed by atoms with Crippen LogP contribution in [0.15, 0.2) is 30.3 Å². The predicted molar refractivity (Wildman–Crippen MR) is 98.0 cm³/mol. The van der Waals surface area contributed by atoms with Gasteiger partial charge < -0.3 is 15.5 Å². The summed E-state index contributed by atoms with van der Waals surface area (Å²) in [5, 5.41) is 0. The number of hydrogen-bond donors (Lipinski definition) is 1. The number of carbonyl (C=O) groups excluding carboxylic acids is 2. The number of hydrogen-bond acceptors (Lipinski definition) is 3. The number of benzene rings is 1. The Kier molecular flexibility index (Phi) is 5.42. The third-order valence-electron chi connectivity index (χ3n) is 5.69. The lowest BCUT2D eigenvalue weighted by Gasteiger charge is -2.41. The zero-order valence-corrected chi connectivity index (χ0v) is 15.1. The molecule has 25 heavy (non-hydrogen) atoms. The van der Waals surface area contributed by atoms with Gasteiger partial charge in [-0.1, -0.05) is 37.3 Å². The molecule has 1 aromatic carbocycles. The summed E-state index contributed by atoms with van der Waals surface area (Å²) in [6, 6.07) is 10.1.